The number of aromatic nitrogens is 1. The number of benzene rings is 3. The summed E-state index contributed by atoms with van der Waals surface area (Å²) >= 11 is 0. The molecule has 0 aliphatic carbocycles. The third-order valence-electron chi connectivity index (χ3n) is 6.30. The lowest BCUT2D eigenvalue weighted by Gasteiger charge is -2.24. The molecule has 2 atom stereocenters. The Kier molecular flexibility index (Phi) is 7.12. The topological polar surface area (TPSA) is 74.0 Å². The Morgan fingerprint density at radius 3 is 2.29 bits per heavy atom. The lowest BCUT2D eigenvalue weighted by atomic mass is 9.90. The van der Waals surface area contributed by atoms with E-state index in [4.69, 9.17) is 0 Å². The van der Waals surface area contributed by atoms with E-state index >= 15 is 0 Å². The molecule has 34 heavy (non-hydrogen) atoms. The summed E-state index contributed by atoms with van der Waals surface area (Å²) in [7, 11) is 0. The molecule has 3 aromatic carbocycles. The third kappa shape index (κ3) is 5.04. The number of aromatic amines is 1. The van der Waals surface area contributed by atoms with Crippen LogP contribution < -0.4 is 10.6 Å². The molecular weight excluding hydrogens is 422 g/mol. The minimum absolute atomic E-state index is 0.0267. The molecular formula is C29H31N3O2. The Hall–Kier alpha value is -3.86. The van der Waals surface area contributed by atoms with Gasteiger partial charge >= 0.3 is 0 Å². The maximum absolute atomic E-state index is 13.3. The van der Waals surface area contributed by atoms with E-state index in [-0.39, 0.29) is 23.7 Å². The SMILES string of the molecule is Cc1ccccc1C(=O)N[C@@H](C(=O)NC[C@H](c1ccccc1)c1c[nH]c2ccccc12)C(C)C. The van der Waals surface area contributed by atoms with Gasteiger partial charge in [-0.05, 0) is 41.7 Å². The van der Waals surface area contributed by atoms with Crippen LogP contribution in [-0.2, 0) is 4.79 Å². The fraction of sp³-hybridized carbons (Fsp3) is 0.241. The smallest absolute Gasteiger partial charge is 0.252 e. The fourth-order valence-electron chi connectivity index (χ4n) is 4.37. The van der Waals surface area contributed by atoms with Crippen LogP contribution in [-0.4, -0.2) is 29.4 Å². The number of aryl methyl sites for hydroxylation is 1. The van der Waals surface area contributed by atoms with E-state index in [0.29, 0.717) is 12.1 Å². The number of hydrogen-bond acceptors (Lipinski definition) is 2. The molecule has 1 aromatic heterocycles. The van der Waals surface area contributed by atoms with Gasteiger partial charge in [-0.1, -0.05) is 80.6 Å². The Labute approximate surface area is 200 Å². The number of H-pyrrole nitrogens is 1. The summed E-state index contributed by atoms with van der Waals surface area (Å²) in [6, 6.07) is 25.1. The molecule has 5 nitrogen and oxygen atoms in total. The Morgan fingerprint density at radius 2 is 1.56 bits per heavy atom. The van der Waals surface area contributed by atoms with Gasteiger partial charge in [0.1, 0.15) is 6.04 Å². The molecule has 0 aliphatic heterocycles. The lowest BCUT2D eigenvalue weighted by Crippen LogP contribution is -2.50. The van der Waals surface area contributed by atoms with Gasteiger partial charge in [-0.3, -0.25) is 9.59 Å². The standard InChI is InChI=1S/C29H31N3O2/c1-19(2)27(32-28(33)22-14-8-7-11-20(22)3)29(34)31-17-24(21-12-5-4-6-13-21)25-18-30-26-16-10-9-15-23(25)26/h4-16,18-19,24,27,30H,17H2,1-3H3,(H,31,34)(H,32,33)/t24-,27-/m1/s1. The molecule has 0 fully saturated rings. The van der Waals surface area contributed by atoms with Gasteiger partial charge in [0.15, 0.2) is 0 Å². The molecule has 0 aliphatic rings. The van der Waals surface area contributed by atoms with Crippen molar-refractivity contribution in [3.05, 3.63) is 107 Å². The van der Waals surface area contributed by atoms with Crippen LogP contribution in [0.1, 0.15) is 46.8 Å². The second-order valence-electron chi connectivity index (χ2n) is 9.01. The zero-order valence-electron chi connectivity index (χ0n) is 19.8. The third-order valence-corrected chi connectivity index (χ3v) is 6.30. The van der Waals surface area contributed by atoms with E-state index in [0.717, 1.165) is 27.6 Å². The first-order valence-corrected chi connectivity index (χ1v) is 11.7. The van der Waals surface area contributed by atoms with Crippen LogP contribution >= 0.6 is 0 Å². The molecule has 4 aromatic rings. The van der Waals surface area contributed by atoms with E-state index in [1.54, 1.807) is 6.07 Å². The number of nitrogens with one attached hydrogen (secondary N) is 3. The van der Waals surface area contributed by atoms with Gasteiger partial charge in [-0.25, -0.2) is 0 Å². The van der Waals surface area contributed by atoms with E-state index < -0.39 is 6.04 Å². The minimum atomic E-state index is -0.633. The fourth-order valence-corrected chi connectivity index (χ4v) is 4.37. The maximum Gasteiger partial charge on any atom is 0.252 e. The first-order valence-electron chi connectivity index (χ1n) is 11.7. The quantitative estimate of drug-likeness (QED) is 0.344. The summed E-state index contributed by atoms with van der Waals surface area (Å²) < 4.78 is 0. The number of fused-ring (bicyclic) bond motifs is 1. The van der Waals surface area contributed by atoms with Crippen LogP contribution in [0.3, 0.4) is 0 Å². The van der Waals surface area contributed by atoms with E-state index in [1.165, 1.54) is 0 Å². The zero-order chi connectivity index (χ0) is 24.1. The Balaban J connectivity index is 1.54. The van der Waals surface area contributed by atoms with Crippen molar-refractivity contribution in [2.45, 2.75) is 32.7 Å². The number of carbonyl (C=O) groups is 2. The molecule has 3 N–H and O–H groups in total. The molecule has 0 unspecified atom stereocenters. The highest BCUT2D eigenvalue weighted by atomic mass is 16.2. The molecule has 0 bridgehead atoms. The predicted molar refractivity (Wildman–Crippen MR) is 137 cm³/mol. The minimum Gasteiger partial charge on any atom is -0.361 e. The molecule has 174 valence electrons. The van der Waals surface area contributed by atoms with Crippen LogP contribution in [0.15, 0.2) is 85.1 Å². The summed E-state index contributed by atoms with van der Waals surface area (Å²) in [5, 5.41) is 7.20. The number of para-hydroxylation sites is 1. The van der Waals surface area contributed by atoms with Crippen LogP contribution in [0.4, 0.5) is 0 Å². The summed E-state index contributed by atoms with van der Waals surface area (Å²) in [6.45, 7) is 6.20. The maximum atomic E-state index is 13.3. The molecule has 0 saturated carbocycles. The predicted octanol–water partition coefficient (Wildman–Crippen LogP) is 5.18. The Bertz CT molecular complexity index is 1280. The van der Waals surface area contributed by atoms with Gasteiger partial charge in [-0.2, -0.15) is 0 Å². The van der Waals surface area contributed by atoms with Gasteiger partial charge in [0, 0.05) is 35.1 Å². The van der Waals surface area contributed by atoms with Crippen LogP contribution in [0.25, 0.3) is 10.9 Å². The van der Waals surface area contributed by atoms with Crippen molar-refractivity contribution in [2.75, 3.05) is 6.54 Å². The van der Waals surface area contributed by atoms with E-state index in [2.05, 4.69) is 39.9 Å². The number of carbonyl (C=O) groups excluding carboxylic acids is 2. The highest BCUT2D eigenvalue weighted by Crippen LogP contribution is 2.30. The molecule has 4 rings (SSSR count). The van der Waals surface area contributed by atoms with Gasteiger partial charge in [-0.15, -0.1) is 0 Å². The van der Waals surface area contributed by atoms with Crippen LogP contribution in [0.5, 0.6) is 0 Å². The molecule has 0 saturated heterocycles. The molecule has 2 amide bonds. The van der Waals surface area contributed by atoms with Crippen LogP contribution in [0, 0.1) is 12.8 Å². The average molecular weight is 454 g/mol. The normalized spacial score (nSPS) is 12.9. The average Bonchev–Trinajstić information content (AvgIpc) is 3.27. The van der Waals surface area contributed by atoms with Crippen molar-refractivity contribution >= 4 is 22.7 Å². The highest BCUT2D eigenvalue weighted by molar-refractivity contribution is 5.98. The van der Waals surface area contributed by atoms with Crippen molar-refractivity contribution in [2.24, 2.45) is 5.92 Å². The van der Waals surface area contributed by atoms with Gasteiger partial charge in [0.2, 0.25) is 5.91 Å². The second kappa shape index (κ2) is 10.4. The number of rotatable bonds is 8. The second-order valence-corrected chi connectivity index (χ2v) is 9.01. The lowest BCUT2D eigenvalue weighted by molar-refractivity contribution is -0.123. The van der Waals surface area contributed by atoms with Gasteiger partial charge in [0.25, 0.3) is 5.91 Å². The molecule has 1 heterocycles. The summed E-state index contributed by atoms with van der Waals surface area (Å²) in [5.41, 5.74) is 4.79. The highest BCUT2D eigenvalue weighted by Gasteiger charge is 2.27. The van der Waals surface area contributed by atoms with Gasteiger partial charge in [0.05, 0.1) is 0 Å². The molecule has 0 radical (unpaired) electrons. The Morgan fingerprint density at radius 1 is 0.882 bits per heavy atom. The molecule has 5 heteroatoms. The van der Waals surface area contributed by atoms with Crippen LogP contribution in [0.2, 0.25) is 0 Å². The monoisotopic (exact) mass is 453 g/mol. The first kappa shape index (κ1) is 23.3. The summed E-state index contributed by atoms with van der Waals surface area (Å²) in [4.78, 5) is 29.5. The zero-order valence-corrected chi connectivity index (χ0v) is 19.8. The number of hydrogen-bond donors (Lipinski definition) is 3. The van der Waals surface area contributed by atoms with Crippen molar-refractivity contribution in [3.8, 4) is 0 Å². The largest absolute Gasteiger partial charge is 0.361 e. The van der Waals surface area contributed by atoms with Crippen molar-refractivity contribution in [1.29, 1.82) is 0 Å². The number of amides is 2. The molecule has 0 spiro atoms. The van der Waals surface area contributed by atoms with Crippen molar-refractivity contribution in [1.82, 2.24) is 15.6 Å². The van der Waals surface area contributed by atoms with E-state index in [9.17, 15) is 9.59 Å². The van der Waals surface area contributed by atoms with Crippen molar-refractivity contribution < 1.29 is 9.59 Å². The van der Waals surface area contributed by atoms with E-state index in [1.807, 2.05) is 75.5 Å². The summed E-state index contributed by atoms with van der Waals surface area (Å²) in [6.07, 6.45) is 2.02. The van der Waals surface area contributed by atoms with Gasteiger partial charge < -0.3 is 15.6 Å². The van der Waals surface area contributed by atoms with Crippen molar-refractivity contribution in [3.63, 3.8) is 0 Å². The first-order chi connectivity index (χ1) is 16.5. The summed E-state index contributed by atoms with van der Waals surface area (Å²) in [5.74, 6) is -0.502.